The normalized spacial score (nSPS) is 12.1. The third kappa shape index (κ3) is 5.96. The average molecular weight is 257 g/mol. The van der Waals surface area contributed by atoms with Crippen LogP contribution in [0.2, 0.25) is 0 Å². The maximum atomic E-state index is 11.3. The van der Waals surface area contributed by atoms with Crippen molar-refractivity contribution in [2.75, 3.05) is 25.3 Å². The zero-order valence-corrected chi connectivity index (χ0v) is 10.7. The summed E-state index contributed by atoms with van der Waals surface area (Å²) in [5.41, 5.74) is 0. The molecule has 0 aliphatic carbocycles. The van der Waals surface area contributed by atoms with E-state index in [9.17, 15) is 13.2 Å². The van der Waals surface area contributed by atoms with E-state index >= 15 is 0 Å². The predicted octanol–water partition coefficient (Wildman–Crippen LogP) is 0.217. The summed E-state index contributed by atoms with van der Waals surface area (Å²) in [7, 11) is -2.17. The highest BCUT2D eigenvalue weighted by Crippen LogP contribution is 1.99. The molecule has 1 amide bonds. The Morgan fingerprint density at radius 3 is 2.40 bits per heavy atom. The van der Waals surface area contributed by atoms with Crippen molar-refractivity contribution < 1.29 is 13.2 Å². The molecule has 0 spiro atoms. The van der Waals surface area contributed by atoms with Crippen LogP contribution in [0.5, 0.6) is 0 Å². The van der Waals surface area contributed by atoms with Crippen molar-refractivity contribution in [3.05, 3.63) is 0 Å². The lowest BCUT2D eigenvalue weighted by molar-refractivity contribution is -0.121. The number of alkyl halides is 1. The zero-order chi connectivity index (χ0) is 12.1. The van der Waals surface area contributed by atoms with E-state index in [0.29, 0.717) is 12.5 Å². The lowest BCUT2D eigenvalue weighted by Crippen LogP contribution is -2.39. The standard InChI is InChI=1S/C8H17ClN2O3S/c1-7(2)4-10-8(12)5-11(3)15(13,14)6-9/h7H,4-6H2,1-3H3,(H,10,12). The van der Waals surface area contributed by atoms with Crippen molar-refractivity contribution in [1.82, 2.24) is 9.62 Å². The van der Waals surface area contributed by atoms with E-state index in [1.54, 1.807) is 0 Å². The van der Waals surface area contributed by atoms with Gasteiger partial charge >= 0.3 is 0 Å². The summed E-state index contributed by atoms with van der Waals surface area (Å²) in [6, 6.07) is 0. The minimum atomic E-state index is -3.49. The molecule has 0 unspecified atom stereocenters. The van der Waals surface area contributed by atoms with Crippen LogP contribution >= 0.6 is 11.6 Å². The van der Waals surface area contributed by atoms with E-state index in [1.165, 1.54) is 7.05 Å². The van der Waals surface area contributed by atoms with Gasteiger partial charge in [-0.2, -0.15) is 4.31 Å². The quantitative estimate of drug-likeness (QED) is 0.692. The van der Waals surface area contributed by atoms with E-state index < -0.39 is 15.2 Å². The summed E-state index contributed by atoms with van der Waals surface area (Å²) < 4.78 is 23.3. The SMILES string of the molecule is CC(C)CNC(=O)CN(C)S(=O)(=O)CCl. The van der Waals surface area contributed by atoms with Crippen molar-refractivity contribution in [1.29, 1.82) is 0 Å². The third-order valence-corrected chi connectivity index (χ3v) is 3.87. The van der Waals surface area contributed by atoms with Gasteiger partial charge < -0.3 is 5.32 Å². The molecule has 0 aromatic carbocycles. The molecule has 0 atom stereocenters. The van der Waals surface area contributed by atoms with Gasteiger partial charge in [0.2, 0.25) is 15.9 Å². The molecule has 0 aliphatic rings. The molecular weight excluding hydrogens is 240 g/mol. The molecule has 0 saturated heterocycles. The third-order valence-electron chi connectivity index (χ3n) is 1.69. The first-order valence-electron chi connectivity index (χ1n) is 4.56. The molecule has 0 aromatic heterocycles. The van der Waals surface area contributed by atoms with Gasteiger partial charge in [0.15, 0.2) is 0 Å². The van der Waals surface area contributed by atoms with Crippen LogP contribution in [-0.2, 0) is 14.8 Å². The number of sulfonamides is 1. The van der Waals surface area contributed by atoms with Crippen molar-refractivity contribution in [2.45, 2.75) is 13.8 Å². The van der Waals surface area contributed by atoms with Gasteiger partial charge in [0.1, 0.15) is 5.21 Å². The van der Waals surface area contributed by atoms with Gasteiger partial charge in [0.25, 0.3) is 0 Å². The fraction of sp³-hybridized carbons (Fsp3) is 0.875. The van der Waals surface area contributed by atoms with Crippen LogP contribution in [0.25, 0.3) is 0 Å². The number of carbonyl (C=O) groups excluding carboxylic acids is 1. The van der Waals surface area contributed by atoms with Gasteiger partial charge in [0.05, 0.1) is 6.54 Å². The molecule has 0 heterocycles. The van der Waals surface area contributed by atoms with Crippen LogP contribution < -0.4 is 5.32 Å². The molecule has 0 aliphatic heterocycles. The fourth-order valence-corrected chi connectivity index (χ4v) is 1.74. The second-order valence-electron chi connectivity index (χ2n) is 3.67. The number of likely N-dealkylation sites (N-methyl/N-ethyl adjacent to an activating group) is 1. The second-order valence-corrected chi connectivity index (χ2v) is 6.34. The molecule has 1 N–H and O–H groups in total. The maximum Gasteiger partial charge on any atom is 0.235 e. The summed E-state index contributed by atoms with van der Waals surface area (Å²) in [6.45, 7) is 4.26. The van der Waals surface area contributed by atoms with Gasteiger partial charge in [0, 0.05) is 13.6 Å². The topological polar surface area (TPSA) is 66.5 Å². The van der Waals surface area contributed by atoms with E-state index in [2.05, 4.69) is 5.32 Å². The van der Waals surface area contributed by atoms with E-state index in [-0.39, 0.29) is 12.5 Å². The first-order valence-corrected chi connectivity index (χ1v) is 6.70. The van der Waals surface area contributed by atoms with E-state index in [1.807, 2.05) is 13.8 Å². The van der Waals surface area contributed by atoms with Crippen molar-refractivity contribution in [3.8, 4) is 0 Å². The number of hydrogen-bond acceptors (Lipinski definition) is 3. The van der Waals surface area contributed by atoms with Crippen molar-refractivity contribution in [2.24, 2.45) is 5.92 Å². The molecule has 0 saturated carbocycles. The Balaban J connectivity index is 4.08. The molecule has 0 radical (unpaired) electrons. The van der Waals surface area contributed by atoms with Crippen LogP contribution in [0.1, 0.15) is 13.8 Å². The number of halogens is 1. The van der Waals surface area contributed by atoms with E-state index in [0.717, 1.165) is 4.31 Å². The Morgan fingerprint density at radius 1 is 1.47 bits per heavy atom. The van der Waals surface area contributed by atoms with Gasteiger partial charge in [-0.3, -0.25) is 4.79 Å². The minimum Gasteiger partial charge on any atom is -0.355 e. The number of amides is 1. The lowest BCUT2D eigenvalue weighted by atomic mass is 10.2. The highest BCUT2D eigenvalue weighted by atomic mass is 35.5. The molecule has 15 heavy (non-hydrogen) atoms. The summed E-state index contributed by atoms with van der Waals surface area (Å²) in [5, 5.41) is 2.11. The minimum absolute atomic E-state index is 0.193. The molecule has 90 valence electrons. The van der Waals surface area contributed by atoms with Gasteiger partial charge in [-0.15, -0.1) is 11.6 Å². The fourth-order valence-electron chi connectivity index (χ4n) is 0.758. The van der Waals surface area contributed by atoms with Gasteiger partial charge in [-0.05, 0) is 5.92 Å². The van der Waals surface area contributed by atoms with Crippen molar-refractivity contribution in [3.63, 3.8) is 0 Å². The summed E-state index contributed by atoms with van der Waals surface area (Å²) in [5.74, 6) is 0.0174. The highest BCUT2D eigenvalue weighted by molar-refractivity contribution is 7.90. The van der Waals surface area contributed by atoms with Gasteiger partial charge in [-0.25, -0.2) is 8.42 Å². The molecule has 7 heteroatoms. The Kier molecular flexibility index (Phi) is 6.16. The Morgan fingerprint density at radius 2 is 2.00 bits per heavy atom. The van der Waals surface area contributed by atoms with Crippen LogP contribution in [0, 0.1) is 5.92 Å². The largest absolute Gasteiger partial charge is 0.355 e. The number of nitrogens with one attached hydrogen (secondary N) is 1. The van der Waals surface area contributed by atoms with E-state index in [4.69, 9.17) is 11.6 Å². The number of rotatable bonds is 6. The lowest BCUT2D eigenvalue weighted by Gasteiger charge is -2.15. The zero-order valence-electron chi connectivity index (χ0n) is 9.16. The monoisotopic (exact) mass is 256 g/mol. The first kappa shape index (κ1) is 14.7. The number of carbonyl (C=O) groups is 1. The maximum absolute atomic E-state index is 11.3. The van der Waals surface area contributed by atoms with Crippen LogP contribution in [0.3, 0.4) is 0 Å². The van der Waals surface area contributed by atoms with Gasteiger partial charge in [-0.1, -0.05) is 13.8 Å². The Bertz CT molecular complexity index is 303. The molecule has 0 rings (SSSR count). The number of nitrogens with zero attached hydrogens (tertiary/aromatic N) is 1. The average Bonchev–Trinajstić information content (AvgIpc) is 2.14. The molecule has 0 fully saturated rings. The Labute approximate surface area is 95.8 Å². The molecule has 5 nitrogen and oxygen atoms in total. The molecular formula is C8H17ClN2O3S. The van der Waals surface area contributed by atoms with Crippen LogP contribution in [0.4, 0.5) is 0 Å². The first-order chi connectivity index (χ1) is 6.79. The summed E-state index contributed by atoms with van der Waals surface area (Å²) >= 11 is 5.24. The second kappa shape index (κ2) is 6.30. The summed E-state index contributed by atoms with van der Waals surface area (Å²) in [4.78, 5) is 11.3. The Hall–Kier alpha value is -0.330. The van der Waals surface area contributed by atoms with Crippen LogP contribution in [0.15, 0.2) is 0 Å². The summed E-state index contributed by atoms with van der Waals surface area (Å²) in [6.07, 6.45) is 0. The van der Waals surface area contributed by atoms with Crippen LogP contribution in [-0.4, -0.2) is 44.0 Å². The predicted molar refractivity (Wildman–Crippen MR) is 60.1 cm³/mol. The molecule has 0 aromatic rings. The molecule has 0 bridgehead atoms. The van der Waals surface area contributed by atoms with Crippen molar-refractivity contribution >= 4 is 27.5 Å². The number of hydrogen-bond donors (Lipinski definition) is 1. The smallest absolute Gasteiger partial charge is 0.235 e. The highest BCUT2D eigenvalue weighted by Gasteiger charge is 2.18.